The van der Waals surface area contributed by atoms with Gasteiger partial charge in [0.1, 0.15) is 31.0 Å². The van der Waals surface area contributed by atoms with E-state index in [1.165, 1.54) is 10.9 Å². The van der Waals surface area contributed by atoms with Crippen molar-refractivity contribution in [2.45, 2.75) is 36.5 Å². The quantitative estimate of drug-likeness (QED) is 0.206. The SMILES string of the molecule is Nc1nc2c(ncn2C2O[C@H](CO)[C@@H](O)[C@H](O)[C@H]2NC(=O)OCC2c3ccccc3-c3ccccc32)c(=O)[nH]1. The summed E-state index contributed by atoms with van der Waals surface area (Å²) in [6.07, 6.45) is -5.14. The third-order valence-corrected chi connectivity index (χ3v) is 7.25. The number of anilines is 1. The lowest BCUT2D eigenvalue weighted by Crippen LogP contribution is -2.62. The molecule has 0 saturated carbocycles. The summed E-state index contributed by atoms with van der Waals surface area (Å²) in [6.45, 7) is -0.591. The van der Waals surface area contributed by atoms with Crippen LogP contribution >= 0.6 is 0 Å². The number of aromatic nitrogens is 4. The maximum Gasteiger partial charge on any atom is 0.407 e. The van der Waals surface area contributed by atoms with Gasteiger partial charge >= 0.3 is 6.09 Å². The highest BCUT2D eigenvalue weighted by atomic mass is 16.6. The second-order valence-electron chi connectivity index (χ2n) is 9.50. The van der Waals surface area contributed by atoms with Crippen LogP contribution in [0, 0.1) is 0 Å². The highest BCUT2D eigenvalue weighted by Gasteiger charge is 2.46. The first-order valence-corrected chi connectivity index (χ1v) is 12.3. The van der Waals surface area contributed by atoms with Crippen LogP contribution in [0.2, 0.25) is 0 Å². The van der Waals surface area contributed by atoms with Crippen molar-refractivity contribution in [3.05, 3.63) is 76.3 Å². The maximum atomic E-state index is 13.0. The largest absolute Gasteiger partial charge is 0.449 e. The van der Waals surface area contributed by atoms with E-state index in [2.05, 4.69) is 20.3 Å². The number of aromatic amines is 1. The highest BCUT2D eigenvalue weighted by Crippen LogP contribution is 2.44. The molecule has 5 atom stereocenters. The summed E-state index contributed by atoms with van der Waals surface area (Å²) in [5, 5.41) is 33.7. The molecule has 1 saturated heterocycles. The van der Waals surface area contributed by atoms with Crippen LogP contribution in [0.5, 0.6) is 0 Å². The summed E-state index contributed by atoms with van der Waals surface area (Å²) in [5.74, 6) is -0.363. The minimum absolute atomic E-state index is 0.0253. The Labute approximate surface area is 220 Å². The van der Waals surface area contributed by atoms with Crippen LogP contribution in [-0.2, 0) is 9.47 Å². The number of carbonyl (C=O) groups excluding carboxylic acids is 1. The van der Waals surface area contributed by atoms with Crippen LogP contribution in [0.4, 0.5) is 10.7 Å². The van der Waals surface area contributed by atoms with Crippen molar-refractivity contribution in [1.29, 1.82) is 0 Å². The Morgan fingerprint density at radius 1 is 1.10 bits per heavy atom. The number of carbonyl (C=O) groups is 1. The number of aliphatic hydroxyl groups excluding tert-OH is 3. The van der Waals surface area contributed by atoms with Gasteiger partial charge in [0.25, 0.3) is 5.56 Å². The lowest BCUT2D eigenvalue weighted by Gasteiger charge is -2.42. The number of nitrogen functional groups attached to an aromatic ring is 1. The number of fused-ring (bicyclic) bond motifs is 4. The van der Waals surface area contributed by atoms with E-state index in [9.17, 15) is 24.9 Å². The van der Waals surface area contributed by atoms with Crippen LogP contribution in [0.1, 0.15) is 23.3 Å². The van der Waals surface area contributed by atoms with Crippen molar-refractivity contribution in [2.75, 3.05) is 18.9 Å². The Bertz CT molecular complexity index is 1560. The van der Waals surface area contributed by atoms with E-state index >= 15 is 0 Å². The molecule has 1 unspecified atom stereocenters. The van der Waals surface area contributed by atoms with Gasteiger partial charge in [-0.3, -0.25) is 14.3 Å². The van der Waals surface area contributed by atoms with Crippen molar-refractivity contribution < 1.29 is 29.6 Å². The van der Waals surface area contributed by atoms with E-state index in [4.69, 9.17) is 15.2 Å². The van der Waals surface area contributed by atoms with E-state index < -0.39 is 48.8 Å². The number of aliphatic hydroxyl groups is 3. The van der Waals surface area contributed by atoms with Crippen molar-refractivity contribution in [1.82, 2.24) is 24.8 Å². The van der Waals surface area contributed by atoms with Crippen LogP contribution in [-0.4, -0.2) is 78.5 Å². The Hall–Kier alpha value is -4.30. The molecule has 4 aromatic rings. The third kappa shape index (κ3) is 4.21. The van der Waals surface area contributed by atoms with Crippen LogP contribution in [0.15, 0.2) is 59.7 Å². The van der Waals surface area contributed by atoms with Gasteiger partial charge in [0, 0.05) is 5.92 Å². The number of amides is 1. The minimum Gasteiger partial charge on any atom is -0.449 e. The molecule has 13 nitrogen and oxygen atoms in total. The highest BCUT2D eigenvalue weighted by molar-refractivity contribution is 5.79. The number of H-pyrrole nitrogens is 1. The van der Waals surface area contributed by atoms with Crippen molar-refractivity contribution in [2.24, 2.45) is 0 Å². The molecule has 2 aromatic carbocycles. The molecular weight excluding hydrogens is 508 g/mol. The molecule has 6 rings (SSSR count). The number of hydrogen-bond donors (Lipinski definition) is 6. The average molecular weight is 535 g/mol. The standard InChI is InChI=1S/C26H26N6O7/c27-25-30-22-19(23(36)31-25)28-11-32(22)24-18(21(35)20(34)17(9-33)39-24)29-26(37)38-10-16-14-7-3-1-5-12(14)13-6-2-4-8-15(13)16/h1-8,11,16-18,20-21,24,33-35H,9-10H2,(H,29,37)(H3,27,30,31,36)/t17-,18-,20-,21-,24?/m1/s1. The van der Waals surface area contributed by atoms with Gasteiger partial charge in [0.05, 0.1) is 12.9 Å². The summed E-state index contributed by atoms with van der Waals surface area (Å²) >= 11 is 0. The van der Waals surface area contributed by atoms with Crippen molar-refractivity contribution in [3.63, 3.8) is 0 Å². The normalized spacial score (nSPS) is 24.3. The number of hydrogen-bond acceptors (Lipinski definition) is 10. The third-order valence-electron chi connectivity index (χ3n) is 7.25. The number of imidazole rings is 1. The first-order valence-electron chi connectivity index (χ1n) is 12.3. The number of nitrogens with zero attached hydrogens (tertiary/aromatic N) is 3. The lowest BCUT2D eigenvalue weighted by molar-refractivity contribution is -0.214. The summed E-state index contributed by atoms with van der Waals surface area (Å²) in [6, 6.07) is 14.5. The summed E-state index contributed by atoms with van der Waals surface area (Å²) in [5.41, 5.74) is 9.30. The molecule has 39 heavy (non-hydrogen) atoms. The Morgan fingerprint density at radius 3 is 2.44 bits per heavy atom. The molecule has 3 heterocycles. The van der Waals surface area contributed by atoms with E-state index in [-0.39, 0.29) is 29.6 Å². The first-order chi connectivity index (χ1) is 18.9. The monoisotopic (exact) mass is 534 g/mol. The number of alkyl carbamates (subject to hydrolysis) is 1. The Morgan fingerprint density at radius 2 is 1.77 bits per heavy atom. The smallest absolute Gasteiger partial charge is 0.407 e. The lowest BCUT2D eigenvalue weighted by atomic mass is 9.96. The minimum atomic E-state index is -1.57. The molecule has 1 aliphatic heterocycles. The predicted octanol–water partition coefficient (Wildman–Crippen LogP) is 0.221. The van der Waals surface area contributed by atoms with E-state index in [1.54, 1.807) is 0 Å². The summed E-state index contributed by atoms with van der Waals surface area (Å²) in [4.78, 5) is 35.8. The zero-order valence-electron chi connectivity index (χ0n) is 20.5. The van der Waals surface area contributed by atoms with Gasteiger partial charge in [-0.1, -0.05) is 48.5 Å². The molecule has 7 N–H and O–H groups in total. The first kappa shape index (κ1) is 25.0. The fraction of sp³-hybridized carbons (Fsp3) is 0.308. The van der Waals surface area contributed by atoms with Gasteiger partial charge in [-0.2, -0.15) is 4.98 Å². The number of rotatable bonds is 5. The second-order valence-corrected chi connectivity index (χ2v) is 9.50. The molecule has 1 aliphatic carbocycles. The fourth-order valence-electron chi connectivity index (χ4n) is 5.40. The van der Waals surface area contributed by atoms with Gasteiger partial charge in [-0.05, 0) is 22.3 Å². The predicted molar refractivity (Wildman–Crippen MR) is 138 cm³/mol. The topological polar surface area (TPSA) is 198 Å². The number of benzene rings is 2. The maximum absolute atomic E-state index is 13.0. The molecule has 1 amide bonds. The molecule has 0 radical (unpaired) electrons. The summed E-state index contributed by atoms with van der Waals surface area (Å²) < 4.78 is 12.7. The fourth-order valence-corrected chi connectivity index (χ4v) is 5.40. The Kier molecular flexibility index (Phi) is 6.27. The average Bonchev–Trinajstić information content (AvgIpc) is 3.50. The molecule has 202 valence electrons. The van der Waals surface area contributed by atoms with Crippen molar-refractivity contribution in [3.8, 4) is 11.1 Å². The van der Waals surface area contributed by atoms with Crippen molar-refractivity contribution >= 4 is 23.2 Å². The molecule has 13 heteroatoms. The van der Waals surface area contributed by atoms with Crippen LogP contribution in [0.25, 0.3) is 22.3 Å². The molecule has 0 bridgehead atoms. The van der Waals surface area contributed by atoms with Gasteiger partial charge in [-0.25, -0.2) is 9.78 Å². The van der Waals surface area contributed by atoms with Crippen LogP contribution in [0.3, 0.4) is 0 Å². The molecule has 2 aliphatic rings. The Balaban J connectivity index is 1.26. The van der Waals surface area contributed by atoms with E-state index in [1.807, 2.05) is 48.5 Å². The number of nitrogens with one attached hydrogen (secondary N) is 2. The number of ether oxygens (including phenoxy) is 2. The van der Waals surface area contributed by atoms with Gasteiger partial charge in [-0.15, -0.1) is 0 Å². The van der Waals surface area contributed by atoms with E-state index in [0.717, 1.165) is 22.3 Å². The number of nitrogens with two attached hydrogens (primary N) is 1. The van der Waals surface area contributed by atoms with Gasteiger partial charge < -0.3 is 35.8 Å². The zero-order chi connectivity index (χ0) is 27.3. The van der Waals surface area contributed by atoms with Gasteiger partial charge in [0.15, 0.2) is 17.4 Å². The molecule has 1 fully saturated rings. The molecule has 0 spiro atoms. The van der Waals surface area contributed by atoms with Gasteiger partial charge in [0.2, 0.25) is 5.95 Å². The van der Waals surface area contributed by atoms with E-state index in [0.29, 0.717) is 0 Å². The van der Waals surface area contributed by atoms with Crippen LogP contribution < -0.4 is 16.6 Å². The second kappa shape index (κ2) is 9.78. The molecule has 2 aromatic heterocycles. The summed E-state index contributed by atoms with van der Waals surface area (Å²) in [7, 11) is 0. The molecular formula is C26H26N6O7. The zero-order valence-corrected chi connectivity index (χ0v) is 20.5.